The SMILES string of the molecule is CNCCN(C)CC(=O)N1C(C)CCCC1C. The van der Waals surface area contributed by atoms with Gasteiger partial charge in [-0.1, -0.05) is 0 Å². The van der Waals surface area contributed by atoms with Gasteiger partial charge in [0.15, 0.2) is 0 Å². The third-order valence-corrected chi connectivity index (χ3v) is 3.63. The summed E-state index contributed by atoms with van der Waals surface area (Å²) in [6, 6.07) is 0.813. The highest BCUT2D eigenvalue weighted by molar-refractivity contribution is 5.79. The highest BCUT2D eigenvalue weighted by Crippen LogP contribution is 2.22. The van der Waals surface area contributed by atoms with Gasteiger partial charge >= 0.3 is 0 Å². The first-order valence-electron chi connectivity index (χ1n) is 6.70. The maximum atomic E-state index is 12.3. The van der Waals surface area contributed by atoms with Crippen LogP contribution in [0.3, 0.4) is 0 Å². The molecule has 1 heterocycles. The Bertz CT molecular complexity index is 235. The van der Waals surface area contributed by atoms with Crippen molar-refractivity contribution >= 4 is 5.91 Å². The van der Waals surface area contributed by atoms with E-state index >= 15 is 0 Å². The summed E-state index contributed by atoms with van der Waals surface area (Å²) < 4.78 is 0. The normalized spacial score (nSPS) is 25.4. The van der Waals surface area contributed by atoms with Crippen molar-refractivity contribution in [2.24, 2.45) is 0 Å². The van der Waals surface area contributed by atoms with Crippen molar-refractivity contribution in [3.05, 3.63) is 0 Å². The number of nitrogens with zero attached hydrogens (tertiary/aromatic N) is 2. The molecule has 0 aliphatic carbocycles. The molecule has 1 rings (SSSR count). The Hall–Kier alpha value is -0.610. The lowest BCUT2D eigenvalue weighted by atomic mass is 9.97. The van der Waals surface area contributed by atoms with Gasteiger partial charge in [0.2, 0.25) is 5.91 Å². The van der Waals surface area contributed by atoms with E-state index in [4.69, 9.17) is 0 Å². The number of piperidine rings is 1. The number of nitrogens with one attached hydrogen (secondary N) is 1. The van der Waals surface area contributed by atoms with E-state index in [1.807, 2.05) is 14.1 Å². The largest absolute Gasteiger partial charge is 0.336 e. The minimum absolute atomic E-state index is 0.281. The topological polar surface area (TPSA) is 35.6 Å². The van der Waals surface area contributed by atoms with Gasteiger partial charge in [-0.3, -0.25) is 9.69 Å². The number of hydrogen-bond donors (Lipinski definition) is 1. The van der Waals surface area contributed by atoms with Gasteiger partial charge in [-0.2, -0.15) is 0 Å². The van der Waals surface area contributed by atoms with Crippen LogP contribution in [0, 0.1) is 0 Å². The van der Waals surface area contributed by atoms with Gasteiger partial charge in [0, 0.05) is 25.2 Å². The fourth-order valence-corrected chi connectivity index (χ4v) is 2.61. The Kier molecular flexibility index (Phi) is 5.92. The molecule has 0 aromatic carbocycles. The van der Waals surface area contributed by atoms with Crippen molar-refractivity contribution in [3.8, 4) is 0 Å². The third kappa shape index (κ3) is 4.28. The average Bonchev–Trinajstić information content (AvgIpc) is 2.26. The minimum atomic E-state index is 0.281. The van der Waals surface area contributed by atoms with E-state index in [1.165, 1.54) is 6.42 Å². The maximum absolute atomic E-state index is 12.3. The molecule has 1 aliphatic heterocycles. The summed E-state index contributed by atoms with van der Waals surface area (Å²) in [5, 5.41) is 3.10. The molecule has 1 aliphatic rings. The average molecular weight is 241 g/mol. The molecule has 100 valence electrons. The van der Waals surface area contributed by atoms with Gasteiger partial charge in [-0.25, -0.2) is 0 Å². The molecular formula is C13H27N3O. The molecule has 1 fully saturated rings. The lowest BCUT2D eigenvalue weighted by Gasteiger charge is -2.39. The van der Waals surface area contributed by atoms with Crippen LogP contribution in [0.2, 0.25) is 0 Å². The Morgan fingerprint density at radius 2 is 1.94 bits per heavy atom. The van der Waals surface area contributed by atoms with Crippen LogP contribution in [0.25, 0.3) is 0 Å². The van der Waals surface area contributed by atoms with Crippen LogP contribution in [0.5, 0.6) is 0 Å². The summed E-state index contributed by atoms with van der Waals surface area (Å²) in [7, 11) is 3.94. The van der Waals surface area contributed by atoms with Gasteiger partial charge in [0.25, 0.3) is 0 Å². The molecule has 0 aromatic rings. The van der Waals surface area contributed by atoms with Crippen LogP contribution >= 0.6 is 0 Å². The van der Waals surface area contributed by atoms with Crippen LogP contribution in [0.15, 0.2) is 0 Å². The highest BCUT2D eigenvalue weighted by Gasteiger charge is 2.28. The molecule has 4 heteroatoms. The first-order chi connectivity index (χ1) is 8.06. The van der Waals surface area contributed by atoms with Gasteiger partial charge in [0.05, 0.1) is 6.54 Å². The van der Waals surface area contributed by atoms with Gasteiger partial charge in [0.1, 0.15) is 0 Å². The Morgan fingerprint density at radius 1 is 1.35 bits per heavy atom. The predicted molar refractivity (Wildman–Crippen MR) is 71.0 cm³/mol. The van der Waals surface area contributed by atoms with Crippen molar-refractivity contribution < 1.29 is 4.79 Å². The zero-order valence-electron chi connectivity index (χ0n) is 11.7. The summed E-state index contributed by atoms with van der Waals surface area (Å²) in [5.74, 6) is 0.281. The van der Waals surface area contributed by atoms with E-state index in [1.54, 1.807) is 0 Å². The molecule has 0 saturated carbocycles. The predicted octanol–water partition coefficient (Wildman–Crippen LogP) is 0.927. The van der Waals surface area contributed by atoms with E-state index in [0.717, 1.165) is 25.9 Å². The van der Waals surface area contributed by atoms with Gasteiger partial charge in [-0.05, 0) is 47.2 Å². The summed E-state index contributed by atoms with van der Waals surface area (Å²) in [4.78, 5) is 16.4. The van der Waals surface area contributed by atoms with E-state index in [9.17, 15) is 4.79 Å². The van der Waals surface area contributed by atoms with E-state index in [-0.39, 0.29) is 5.91 Å². The molecule has 2 unspecified atom stereocenters. The molecule has 0 aromatic heterocycles. The van der Waals surface area contributed by atoms with Gasteiger partial charge < -0.3 is 10.2 Å². The molecule has 1 saturated heterocycles. The lowest BCUT2D eigenvalue weighted by molar-refractivity contribution is -0.138. The summed E-state index contributed by atoms with van der Waals surface area (Å²) >= 11 is 0. The van der Waals surface area contributed by atoms with Crippen LogP contribution < -0.4 is 5.32 Å². The van der Waals surface area contributed by atoms with Gasteiger partial charge in [-0.15, -0.1) is 0 Å². The Morgan fingerprint density at radius 3 is 2.47 bits per heavy atom. The molecule has 17 heavy (non-hydrogen) atoms. The molecule has 2 atom stereocenters. The van der Waals surface area contributed by atoms with Crippen molar-refractivity contribution in [3.63, 3.8) is 0 Å². The number of likely N-dealkylation sites (N-methyl/N-ethyl adjacent to an activating group) is 2. The standard InChI is InChI=1S/C13H27N3O/c1-11-6-5-7-12(2)16(11)13(17)10-15(4)9-8-14-3/h11-12,14H,5-10H2,1-4H3. The minimum Gasteiger partial charge on any atom is -0.336 e. The molecular weight excluding hydrogens is 214 g/mol. The number of rotatable bonds is 5. The number of carbonyl (C=O) groups excluding carboxylic acids is 1. The molecule has 0 radical (unpaired) electrons. The second-order valence-electron chi connectivity index (χ2n) is 5.27. The highest BCUT2D eigenvalue weighted by atomic mass is 16.2. The summed E-state index contributed by atoms with van der Waals surface area (Å²) in [6.45, 7) is 6.71. The number of likely N-dealkylation sites (tertiary alicyclic amines) is 1. The fraction of sp³-hybridized carbons (Fsp3) is 0.923. The Balaban J connectivity index is 2.44. The second-order valence-corrected chi connectivity index (χ2v) is 5.27. The zero-order chi connectivity index (χ0) is 12.8. The lowest BCUT2D eigenvalue weighted by Crippen LogP contribution is -2.51. The third-order valence-electron chi connectivity index (χ3n) is 3.63. The van der Waals surface area contributed by atoms with Crippen molar-refractivity contribution in [1.29, 1.82) is 0 Å². The molecule has 1 N–H and O–H groups in total. The first-order valence-corrected chi connectivity index (χ1v) is 6.70. The zero-order valence-corrected chi connectivity index (χ0v) is 11.7. The quantitative estimate of drug-likeness (QED) is 0.778. The second kappa shape index (κ2) is 6.97. The molecule has 0 bridgehead atoms. The van der Waals surface area contributed by atoms with Crippen LogP contribution in [-0.2, 0) is 4.79 Å². The van der Waals surface area contributed by atoms with Crippen LogP contribution in [0.4, 0.5) is 0 Å². The monoisotopic (exact) mass is 241 g/mol. The van der Waals surface area contributed by atoms with Crippen LogP contribution in [-0.4, -0.2) is 61.5 Å². The fourth-order valence-electron chi connectivity index (χ4n) is 2.61. The Labute approximate surface area is 105 Å². The maximum Gasteiger partial charge on any atom is 0.237 e. The number of hydrogen-bond acceptors (Lipinski definition) is 3. The summed E-state index contributed by atoms with van der Waals surface area (Å²) in [6.07, 6.45) is 3.55. The molecule has 4 nitrogen and oxygen atoms in total. The first kappa shape index (κ1) is 14.5. The van der Waals surface area contributed by atoms with Crippen molar-refractivity contribution in [2.45, 2.75) is 45.2 Å². The number of carbonyl (C=O) groups is 1. The molecule has 1 amide bonds. The summed E-state index contributed by atoms with van der Waals surface area (Å²) in [5.41, 5.74) is 0. The van der Waals surface area contributed by atoms with Crippen molar-refractivity contribution in [2.75, 3.05) is 33.7 Å². The van der Waals surface area contributed by atoms with Crippen LogP contribution in [0.1, 0.15) is 33.1 Å². The van der Waals surface area contributed by atoms with E-state index in [0.29, 0.717) is 18.6 Å². The smallest absolute Gasteiger partial charge is 0.237 e. The molecule has 0 spiro atoms. The van der Waals surface area contributed by atoms with E-state index < -0.39 is 0 Å². The van der Waals surface area contributed by atoms with Crippen molar-refractivity contribution in [1.82, 2.24) is 15.1 Å². The number of amides is 1. The van der Waals surface area contributed by atoms with E-state index in [2.05, 4.69) is 29.0 Å².